The average molecular weight is 1680 g/mol. The van der Waals surface area contributed by atoms with Crippen molar-refractivity contribution in [3.8, 4) is 17.2 Å². The van der Waals surface area contributed by atoms with Crippen molar-refractivity contribution in [2.45, 2.75) is 62.4 Å². The Kier molecular flexibility index (Phi) is 57.3. The normalized spacial score (nSPS) is 21.5. The van der Waals surface area contributed by atoms with Gasteiger partial charge in [0.1, 0.15) is 22.8 Å². The number of aliphatic hydroxyl groups is 2. The summed E-state index contributed by atoms with van der Waals surface area (Å²) in [6, 6.07) is 3.97. The number of hydrogen-bond acceptors (Lipinski definition) is 11. The number of carbonyl (C=O) groups is 3. The number of likely N-dealkylation sites (N-methyl/N-ethyl adjacent to an activating group) is 1. The van der Waals surface area contributed by atoms with Crippen LogP contribution in [-0.4, -0.2) is 87.0 Å². The van der Waals surface area contributed by atoms with Gasteiger partial charge < -0.3 is 57.4 Å². The van der Waals surface area contributed by atoms with E-state index in [4.69, 9.17) is 14.2 Å². The van der Waals surface area contributed by atoms with Crippen LogP contribution < -0.4 is 4.74 Å². The number of aliphatic hydroxyl groups excluding tert-OH is 1. The van der Waals surface area contributed by atoms with E-state index in [1.165, 1.54) is 25.3 Å². The molecule has 1 aliphatic heterocycles. The Labute approximate surface area is 496 Å². The van der Waals surface area contributed by atoms with Crippen LogP contribution in [0.3, 0.4) is 0 Å². The van der Waals surface area contributed by atoms with E-state index in [0.29, 0.717) is 0 Å². The number of phenolic OH excluding ortho intramolecular Hbond substituents is 2. The monoisotopic (exact) mass is 1680 g/mol. The standard InChI is InChI=1S/C29H31NO10.H2N.11V.3W/c1-12-24(32)16(30(3)4)9-19(39-12)40-18-11-29(37,13(2)31)10-15-21(18)28(36)23-22(26(15)34)25(33)14-7-6-8-17(38-5)20(14)27(23)35;;;;;;;;;;;;;;;/h6-8,12,16,18-19,24,32,34,36-37H,2-3,9-11H2,1,4-5H3;1H2;;;;;;;;;;;;;;/q-2;-1;;;;;;;;;;;;;;+2/t12-,16-,18-,19-,24+,29-;;;;;;;;;;;;;;;/m0.............../s1. The third-order valence-corrected chi connectivity index (χ3v) is 8.15. The fourth-order valence-electron chi connectivity index (χ4n) is 5.98. The molecule has 12 nitrogen and oxygen atoms in total. The summed E-state index contributed by atoms with van der Waals surface area (Å²) in [6.07, 6.45) is -4.50. The maximum Gasteiger partial charge on any atom is 2.00 e. The molecule has 3 aliphatic rings. The Bertz CT molecular complexity index is 1480. The van der Waals surface area contributed by atoms with E-state index in [2.05, 4.69) is 14.0 Å². The van der Waals surface area contributed by atoms with Crippen LogP contribution in [0.4, 0.5) is 0 Å². The number of ketones is 3. The summed E-state index contributed by atoms with van der Waals surface area (Å²) in [4.78, 5) is 41.3. The van der Waals surface area contributed by atoms with Crippen LogP contribution in [0.25, 0.3) is 6.15 Å². The minimum atomic E-state index is -2.11. The first-order valence-electron chi connectivity index (χ1n) is 12.8. The minimum Gasteiger partial charge on any atom is -0.693 e. The quantitative estimate of drug-likeness (QED) is 0.216. The number of nitrogens with zero attached hydrogens (tertiary/aromatic N) is 1. The second kappa shape index (κ2) is 36.2. The van der Waals surface area contributed by atoms with E-state index in [9.17, 15) is 34.8 Å². The summed E-state index contributed by atoms with van der Waals surface area (Å²) < 4.78 is 17.3. The van der Waals surface area contributed by atoms with Crippen LogP contribution in [0, 0.1) is 14.0 Å². The third kappa shape index (κ3) is 17.4. The van der Waals surface area contributed by atoms with Gasteiger partial charge in [-0.15, -0.1) is 0 Å². The zero-order valence-corrected chi connectivity index (χ0v) is 53.2. The predicted octanol–water partition coefficient (Wildman–Crippen LogP) is 2.29. The molecule has 26 heteroatoms. The molecule has 1 fully saturated rings. The van der Waals surface area contributed by atoms with Crippen molar-refractivity contribution in [3.63, 3.8) is 0 Å². The number of methoxy groups -OCH3 is 1. The number of rotatable bonds is 5. The van der Waals surface area contributed by atoms with E-state index in [-0.39, 0.29) is 314 Å². The molecular weight excluding hydrogens is 1650 g/mol. The molecule has 6 N–H and O–H groups in total. The molecule has 1 saturated heterocycles. The van der Waals surface area contributed by atoms with Crippen molar-refractivity contribution < 1.29 is 316 Å². The molecule has 6 atom stereocenters. The number of phenols is 2. The van der Waals surface area contributed by atoms with Crippen LogP contribution in [0.5, 0.6) is 17.2 Å². The largest absolute Gasteiger partial charge is 2.00 e. The van der Waals surface area contributed by atoms with Crippen LogP contribution in [0.15, 0.2) is 18.2 Å². The van der Waals surface area contributed by atoms with E-state index in [0.717, 1.165) is 0 Å². The number of benzene rings is 2. The number of fused-ring (bicyclic) bond motifs is 3. The van der Waals surface area contributed by atoms with E-state index in [1.807, 2.05) is 0 Å². The Morgan fingerprint density at radius 1 is 0.909 bits per heavy atom. The van der Waals surface area contributed by atoms with Gasteiger partial charge >= 0.3 is 21.1 Å². The van der Waals surface area contributed by atoms with Crippen molar-refractivity contribution >= 4 is 17.3 Å². The van der Waals surface area contributed by atoms with Crippen molar-refractivity contribution in [1.82, 2.24) is 4.90 Å². The van der Waals surface area contributed by atoms with Crippen LogP contribution in [0.2, 0.25) is 0 Å². The SMILES string of the molecule is [CH2-]C(=O)[C@]1(O)Cc2c(O)c3c(c(O)c2[C@@H](O[C@H]2C[C@H](N([CH2-])C)[C@H](O)[C@H](C)O2)C1)C(=O)c1c(OC)cccc1C3=O.[NH2-].[V].[V].[V].[V].[V].[V].[V].[V].[V].[V].[V].[W+2].[W].[W]. The Hall–Kier alpha value is 4.97. The number of Topliss-reactive ketones (excluding diaryl/α,β-unsaturated/α-hetero) is 1. The Morgan fingerprint density at radius 3 is 1.85 bits per heavy atom. The summed E-state index contributed by atoms with van der Waals surface area (Å²) in [5.41, 5.74) is -3.23. The number of ether oxygens (including phenoxy) is 3. The van der Waals surface area contributed by atoms with Crippen molar-refractivity contribution in [2.75, 3.05) is 14.2 Å². The first-order chi connectivity index (χ1) is 18.8. The smallest absolute Gasteiger partial charge is 0.693 e. The molecule has 2 aromatic carbocycles. The molecule has 2 aromatic rings. The molecule has 1 heterocycles. The molecular formula is C29H33N2O10V11W3-. The zero-order valence-electron chi connectivity index (χ0n) is 29.1. The van der Waals surface area contributed by atoms with Crippen LogP contribution in [-0.2, 0) is 288 Å². The third-order valence-electron chi connectivity index (χ3n) is 8.15. The number of hydrogen-bond donors (Lipinski definition) is 4. The predicted molar refractivity (Wildman–Crippen MR) is 144 cm³/mol. The zero-order chi connectivity index (χ0) is 29.3. The van der Waals surface area contributed by atoms with Gasteiger partial charge in [-0.2, -0.15) is 0 Å². The fraction of sp³-hybridized carbons (Fsp3) is 0.414. The summed E-state index contributed by atoms with van der Waals surface area (Å²) in [5.74, 6) is -3.47. The molecule has 0 bridgehead atoms. The summed E-state index contributed by atoms with van der Waals surface area (Å²) >= 11 is 0. The van der Waals surface area contributed by atoms with Gasteiger partial charge in [-0.1, -0.05) is 12.1 Å². The van der Waals surface area contributed by atoms with Gasteiger partial charge in [-0.05, 0) is 20.0 Å². The average Bonchev–Trinajstić information content (AvgIpc) is 2.90. The van der Waals surface area contributed by atoms with Gasteiger partial charge in [0.05, 0.1) is 42.1 Å². The topological polar surface area (TPSA) is 197 Å². The molecule has 11 radical (unpaired) electrons. The molecule has 293 valence electrons. The Morgan fingerprint density at radius 2 is 1.40 bits per heavy atom. The molecule has 0 aromatic heterocycles. The molecule has 2 aliphatic carbocycles. The van der Waals surface area contributed by atoms with Gasteiger partial charge in [0.25, 0.3) is 0 Å². The number of carbonyl (C=O) groups excluding carboxylic acids is 3. The van der Waals surface area contributed by atoms with E-state index < -0.39 is 82.6 Å². The summed E-state index contributed by atoms with van der Waals surface area (Å²) in [6.45, 7) is 5.01. The van der Waals surface area contributed by atoms with E-state index in [1.54, 1.807) is 18.9 Å². The first-order valence-corrected chi connectivity index (χ1v) is 12.8. The van der Waals surface area contributed by atoms with Crippen molar-refractivity contribution in [2.24, 2.45) is 0 Å². The van der Waals surface area contributed by atoms with Gasteiger partial charge in [-0.3, -0.25) is 16.6 Å². The van der Waals surface area contributed by atoms with Gasteiger partial charge in [0.15, 0.2) is 12.1 Å². The second-order valence-corrected chi connectivity index (χ2v) is 10.7. The molecule has 0 spiro atoms. The van der Waals surface area contributed by atoms with E-state index >= 15 is 0 Å². The summed E-state index contributed by atoms with van der Waals surface area (Å²) in [7, 11) is 6.87. The fourth-order valence-corrected chi connectivity index (χ4v) is 5.98. The number of nitrogens with two attached hydrogens (primary N) is 1. The Balaban J connectivity index is -0.000000143. The second-order valence-electron chi connectivity index (χ2n) is 10.7. The van der Waals surface area contributed by atoms with Crippen molar-refractivity contribution in [1.29, 1.82) is 0 Å². The maximum atomic E-state index is 13.7. The minimum absolute atomic E-state index is 0. The molecule has 0 unspecified atom stereocenters. The molecule has 55 heavy (non-hydrogen) atoms. The van der Waals surface area contributed by atoms with Gasteiger partial charge in [0.2, 0.25) is 5.78 Å². The van der Waals surface area contributed by atoms with Gasteiger partial charge in [-0.25, -0.2) is 0 Å². The first kappa shape index (κ1) is 87.0. The maximum absolute atomic E-state index is 13.7. The van der Waals surface area contributed by atoms with Gasteiger partial charge in [0, 0.05) is 294 Å². The molecule has 5 rings (SSSR count). The summed E-state index contributed by atoms with van der Waals surface area (Å²) in [5, 5.41) is 44.7. The van der Waals surface area contributed by atoms with Crippen molar-refractivity contribution in [3.05, 3.63) is 71.7 Å². The van der Waals surface area contributed by atoms with Crippen LogP contribution >= 0.6 is 0 Å². The molecule has 0 saturated carbocycles. The van der Waals surface area contributed by atoms with Crippen LogP contribution in [0.1, 0.15) is 68.8 Å². The number of aromatic hydroxyl groups is 2. The molecule has 0 amide bonds.